The van der Waals surface area contributed by atoms with Gasteiger partial charge in [-0.3, -0.25) is 0 Å². The van der Waals surface area contributed by atoms with Crippen molar-refractivity contribution in [1.29, 1.82) is 0 Å². The van der Waals surface area contributed by atoms with E-state index < -0.39 is 12.5 Å². The van der Waals surface area contributed by atoms with Crippen LogP contribution in [0.15, 0.2) is 18.2 Å². The molecule has 0 bridgehead atoms. The maximum Gasteiger partial charge on any atom is 0.268 e. The monoisotopic (exact) mass is 228 g/mol. The highest BCUT2D eigenvalue weighted by atomic mass is 19.3. The molecule has 1 atom stereocenters. The summed E-state index contributed by atoms with van der Waals surface area (Å²) in [5, 5.41) is 9.40. The average molecular weight is 228 g/mol. The minimum absolute atomic E-state index is 0.179. The van der Waals surface area contributed by atoms with E-state index in [-0.39, 0.29) is 11.2 Å². The molecule has 4 heteroatoms. The number of hydrogen-bond donors (Lipinski definition) is 1. The number of hydrogen-bond acceptors (Lipinski definition) is 2. The molecule has 0 amide bonds. The third-order valence-corrected chi connectivity index (χ3v) is 2.68. The van der Waals surface area contributed by atoms with Gasteiger partial charge in [-0.15, -0.1) is 0 Å². The Kier molecular flexibility index (Phi) is 2.62. The van der Waals surface area contributed by atoms with E-state index in [1.807, 2.05) is 19.9 Å². The van der Waals surface area contributed by atoms with Crippen molar-refractivity contribution >= 4 is 0 Å². The zero-order chi connectivity index (χ0) is 11.9. The summed E-state index contributed by atoms with van der Waals surface area (Å²) in [7, 11) is 0. The molecule has 0 radical (unpaired) electrons. The van der Waals surface area contributed by atoms with Crippen molar-refractivity contribution in [3.05, 3.63) is 29.3 Å². The number of aliphatic hydroxyl groups excluding tert-OH is 1. The molecule has 2 rings (SSSR count). The molecule has 1 N–H and O–H groups in total. The molecule has 1 aromatic carbocycles. The molecule has 0 saturated carbocycles. The van der Waals surface area contributed by atoms with Gasteiger partial charge in [0, 0.05) is 12.0 Å². The second-order valence-electron chi connectivity index (χ2n) is 4.65. The molecule has 1 aliphatic rings. The van der Waals surface area contributed by atoms with Crippen LogP contribution in [0.5, 0.6) is 5.75 Å². The number of fused-ring (bicyclic) bond motifs is 1. The van der Waals surface area contributed by atoms with Gasteiger partial charge in [-0.25, -0.2) is 8.78 Å². The SMILES string of the molecule is CC1(C)Cc2cccc(C(O)C(F)F)c2O1. The molecular weight excluding hydrogens is 214 g/mol. The highest BCUT2D eigenvalue weighted by Crippen LogP contribution is 2.41. The largest absolute Gasteiger partial charge is 0.487 e. The van der Waals surface area contributed by atoms with E-state index in [0.717, 1.165) is 5.56 Å². The zero-order valence-electron chi connectivity index (χ0n) is 9.21. The molecule has 88 valence electrons. The van der Waals surface area contributed by atoms with Crippen LogP contribution in [-0.4, -0.2) is 17.1 Å². The molecule has 1 aromatic rings. The number of benzene rings is 1. The third-order valence-electron chi connectivity index (χ3n) is 2.68. The smallest absolute Gasteiger partial charge is 0.268 e. The Morgan fingerprint density at radius 1 is 1.38 bits per heavy atom. The lowest BCUT2D eigenvalue weighted by atomic mass is 9.99. The van der Waals surface area contributed by atoms with Crippen LogP contribution in [0.25, 0.3) is 0 Å². The van der Waals surface area contributed by atoms with Crippen LogP contribution in [0.4, 0.5) is 8.78 Å². The predicted molar refractivity (Wildman–Crippen MR) is 55.8 cm³/mol. The summed E-state index contributed by atoms with van der Waals surface area (Å²) in [5.41, 5.74) is 0.667. The van der Waals surface area contributed by atoms with Gasteiger partial charge in [0.05, 0.1) is 0 Å². The van der Waals surface area contributed by atoms with Crippen LogP contribution < -0.4 is 4.74 Å². The molecule has 2 nitrogen and oxygen atoms in total. The summed E-state index contributed by atoms with van der Waals surface area (Å²) >= 11 is 0. The van der Waals surface area contributed by atoms with Crippen LogP contribution in [0.1, 0.15) is 31.1 Å². The summed E-state index contributed by atoms with van der Waals surface area (Å²) < 4.78 is 30.5. The van der Waals surface area contributed by atoms with E-state index in [0.29, 0.717) is 12.2 Å². The minimum Gasteiger partial charge on any atom is -0.487 e. The summed E-state index contributed by atoms with van der Waals surface area (Å²) in [5.74, 6) is 0.417. The number of para-hydroxylation sites is 1. The quantitative estimate of drug-likeness (QED) is 0.843. The van der Waals surface area contributed by atoms with Crippen molar-refractivity contribution in [2.45, 2.75) is 38.4 Å². The molecule has 16 heavy (non-hydrogen) atoms. The topological polar surface area (TPSA) is 29.5 Å². The number of halogens is 2. The van der Waals surface area contributed by atoms with Gasteiger partial charge in [-0.05, 0) is 19.4 Å². The fourth-order valence-corrected chi connectivity index (χ4v) is 2.01. The summed E-state index contributed by atoms with van der Waals surface area (Å²) in [6.45, 7) is 3.79. The minimum atomic E-state index is -2.79. The first kappa shape index (κ1) is 11.3. The van der Waals surface area contributed by atoms with Crippen molar-refractivity contribution in [3.8, 4) is 5.75 Å². The number of rotatable bonds is 2. The zero-order valence-corrected chi connectivity index (χ0v) is 9.21. The Labute approximate surface area is 92.9 Å². The molecular formula is C12H14F2O2. The lowest BCUT2D eigenvalue weighted by Gasteiger charge is -2.19. The number of alkyl halides is 2. The van der Waals surface area contributed by atoms with Gasteiger partial charge in [-0.2, -0.15) is 0 Å². The molecule has 0 aromatic heterocycles. The van der Waals surface area contributed by atoms with E-state index in [2.05, 4.69) is 0 Å². The first-order valence-corrected chi connectivity index (χ1v) is 5.18. The van der Waals surface area contributed by atoms with Crippen LogP contribution in [0.3, 0.4) is 0 Å². The molecule has 0 fully saturated rings. The van der Waals surface area contributed by atoms with Crippen molar-refractivity contribution in [3.63, 3.8) is 0 Å². The van der Waals surface area contributed by atoms with Gasteiger partial charge in [0.25, 0.3) is 6.43 Å². The van der Waals surface area contributed by atoms with Gasteiger partial charge in [0.1, 0.15) is 17.5 Å². The third kappa shape index (κ3) is 1.89. The normalized spacial score (nSPS) is 19.4. The Balaban J connectivity index is 2.41. The molecule has 0 saturated heterocycles. The van der Waals surface area contributed by atoms with Crippen molar-refractivity contribution in [2.75, 3.05) is 0 Å². The highest BCUT2D eigenvalue weighted by molar-refractivity contribution is 5.46. The Hall–Kier alpha value is -1.16. The maximum absolute atomic E-state index is 12.5. The first-order valence-electron chi connectivity index (χ1n) is 5.18. The van der Waals surface area contributed by atoms with Crippen LogP contribution in [0, 0.1) is 0 Å². The number of aliphatic hydroxyl groups is 1. The van der Waals surface area contributed by atoms with Crippen molar-refractivity contribution < 1.29 is 18.6 Å². The Morgan fingerprint density at radius 3 is 2.69 bits per heavy atom. The second kappa shape index (κ2) is 3.70. The lowest BCUT2D eigenvalue weighted by molar-refractivity contribution is -0.00827. The van der Waals surface area contributed by atoms with Gasteiger partial charge in [0.2, 0.25) is 0 Å². The van der Waals surface area contributed by atoms with E-state index >= 15 is 0 Å². The van der Waals surface area contributed by atoms with Crippen LogP contribution in [0.2, 0.25) is 0 Å². The molecule has 0 aliphatic carbocycles. The standard InChI is InChI=1S/C12H14F2O2/c1-12(2)6-7-4-3-5-8(10(7)16-12)9(15)11(13)14/h3-5,9,11,15H,6H2,1-2H3. The van der Waals surface area contributed by atoms with Crippen molar-refractivity contribution in [2.24, 2.45) is 0 Å². The molecule has 1 unspecified atom stereocenters. The lowest BCUT2D eigenvalue weighted by Crippen LogP contribution is -2.25. The van der Waals surface area contributed by atoms with E-state index in [9.17, 15) is 13.9 Å². The van der Waals surface area contributed by atoms with Gasteiger partial charge in [-0.1, -0.05) is 18.2 Å². The van der Waals surface area contributed by atoms with Crippen LogP contribution >= 0.6 is 0 Å². The molecule has 1 aliphatic heterocycles. The number of ether oxygens (including phenoxy) is 1. The highest BCUT2D eigenvalue weighted by Gasteiger charge is 2.34. The fourth-order valence-electron chi connectivity index (χ4n) is 2.01. The van der Waals surface area contributed by atoms with Crippen LogP contribution in [-0.2, 0) is 6.42 Å². The summed E-state index contributed by atoms with van der Waals surface area (Å²) in [6.07, 6.45) is -3.89. The van der Waals surface area contributed by atoms with Gasteiger partial charge >= 0.3 is 0 Å². The maximum atomic E-state index is 12.5. The molecule has 0 spiro atoms. The first-order chi connectivity index (χ1) is 7.41. The summed E-state index contributed by atoms with van der Waals surface area (Å²) in [4.78, 5) is 0. The fraction of sp³-hybridized carbons (Fsp3) is 0.500. The Morgan fingerprint density at radius 2 is 2.06 bits per heavy atom. The van der Waals surface area contributed by atoms with E-state index in [1.165, 1.54) is 6.07 Å². The molecule has 1 heterocycles. The summed E-state index contributed by atoms with van der Waals surface area (Å²) in [6, 6.07) is 4.99. The van der Waals surface area contributed by atoms with Gasteiger partial charge < -0.3 is 9.84 Å². The Bertz CT molecular complexity index is 402. The van der Waals surface area contributed by atoms with E-state index in [1.54, 1.807) is 6.07 Å². The predicted octanol–water partition coefficient (Wildman–Crippen LogP) is 2.70. The average Bonchev–Trinajstić information content (AvgIpc) is 2.49. The van der Waals surface area contributed by atoms with Crippen molar-refractivity contribution in [1.82, 2.24) is 0 Å². The van der Waals surface area contributed by atoms with E-state index in [4.69, 9.17) is 4.74 Å². The second-order valence-corrected chi connectivity index (χ2v) is 4.65. The van der Waals surface area contributed by atoms with Gasteiger partial charge in [0.15, 0.2) is 0 Å².